The van der Waals surface area contributed by atoms with E-state index in [1.54, 1.807) is 23.3 Å². The Morgan fingerprint density at radius 1 is 0.440 bits per heavy atom. The average Bonchev–Trinajstić information content (AvgIpc) is 2.42. The summed E-state index contributed by atoms with van der Waals surface area (Å²) in [5.41, 5.74) is 15.3. The average molecular weight is 1180 g/mol. The highest BCUT2D eigenvalue weighted by atomic mass is 32.2. The molecular weight excluding hydrogens is 1070 g/mol. The number of hydrogen-bond acceptors (Lipinski definition) is 6. The fraction of sp³-hybridized carbons (Fsp3) is 0.676. The topological polar surface area (TPSA) is 90.6 Å². The zero-order chi connectivity index (χ0) is 59.6. The molecule has 8 saturated carbocycles. The van der Waals surface area contributed by atoms with E-state index in [1.165, 1.54) is 124 Å². The minimum Gasteiger partial charge on any atom is -0.399 e. The number of fused-ring (bicyclic) bond motifs is 8. The molecule has 9 aliphatic rings. The number of halogens is 3. The molecule has 9 fully saturated rings. The summed E-state index contributed by atoms with van der Waals surface area (Å²) in [5, 5.41) is 3.94. The Hall–Kier alpha value is -4.02. The Morgan fingerprint density at radius 2 is 0.750 bits per heavy atom. The van der Waals surface area contributed by atoms with Crippen molar-refractivity contribution < 1.29 is 30.5 Å². The van der Waals surface area contributed by atoms with Crippen LogP contribution in [-0.2, 0) is 36.5 Å². The molecule has 0 aromatic heterocycles. The summed E-state index contributed by atoms with van der Waals surface area (Å²) in [7, 11) is -5.65. The van der Waals surface area contributed by atoms with Crippen LogP contribution in [0.4, 0.5) is 30.2 Å². The van der Waals surface area contributed by atoms with Gasteiger partial charge in [-0.15, -0.1) is 0 Å². The molecule has 13 rings (SSSR count). The molecule has 84 heavy (non-hydrogen) atoms. The van der Waals surface area contributed by atoms with Gasteiger partial charge in [-0.25, -0.2) is 0 Å². The van der Waals surface area contributed by atoms with Crippen molar-refractivity contribution in [1.29, 1.82) is 0 Å². The molecule has 8 aliphatic carbocycles. The molecule has 0 radical (unpaired) electrons. The SMILES string of the molecule is C.C1CCOC1.CC(C)(C)c1cc(N)cc(C(C)(C)C)c1.CC(C)(C)c1cc(Nc2cc(C3CC4CCC3C4)cc(C3CC4CCC3C4)c2)cc(C(C)(C)C)c1.O=S(=O)(Oc1cc(C2CC3CCC2C3)cc(C2CC3CCC2C3)c1)C(F)(F)F. The number of alkyl halides is 3. The van der Waals surface area contributed by atoms with Crippen LogP contribution in [0.15, 0.2) is 72.8 Å². The molecule has 8 bridgehead atoms. The second-order valence-corrected chi connectivity index (χ2v) is 33.5. The molecule has 1 heterocycles. The molecule has 4 aromatic rings. The van der Waals surface area contributed by atoms with Crippen LogP contribution in [0, 0.1) is 47.3 Å². The standard InChI is InChI=1S/C34H47N.C21H25F3O3S.C14H23N.C4H8O.CH4/c1-33(2,3)27-18-28(34(4,5)6)20-30(19-27)35-29-16-25(31-13-21-7-9-23(31)11-21)15-26(17-29)32-14-22-8-10-24(32)12-22;22-21(23,24)28(25,26)27-18-10-16(19-7-12-1-3-14(19)5-12)9-17(11-18)20-8-13-2-4-15(20)6-13;1-13(2,3)10-7-11(14(4,5)6)9-12(15)8-10;1-2-4-5-3-1;/h15-24,31-32,35H,7-14H2,1-6H3;9-15,19-20H,1-8H2;7-9H,15H2,1-6H3;1-4H2;1H4. The predicted octanol–water partition coefficient (Wildman–Crippen LogP) is 20.9. The summed E-state index contributed by atoms with van der Waals surface area (Å²) in [6.07, 6.45) is 23.5. The van der Waals surface area contributed by atoms with Gasteiger partial charge in [0.15, 0.2) is 0 Å². The minimum atomic E-state index is -5.65. The van der Waals surface area contributed by atoms with Crippen LogP contribution < -0.4 is 15.2 Å². The zero-order valence-electron chi connectivity index (χ0n) is 52.8. The highest BCUT2D eigenvalue weighted by molar-refractivity contribution is 7.88. The van der Waals surface area contributed by atoms with Crippen molar-refractivity contribution in [1.82, 2.24) is 0 Å². The number of hydrogen-bond donors (Lipinski definition) is 2. The summed E-state index contributed by atoms with van der Waals surface area (Å²) < 4.78 is 71.3. The Morgan fingerprint density at radius 3 is 1.01 bits per heavy atom. The third kappa shape index (κ3) is 15.1. The highest BCUT2D eigenvalue weighted by Gasteiger charge is 2.50. The second-order valence-electron chi connectivity index (χ2n) is 31.9. The van der Waals surface area contributed by atoms with Gasteiger partial charge < -0.3 is 20.0 Å². The number of benzene rings is 4. The fourth-order valence-electron chi connectivity index (χ4n) is 16.8. The molecule has 464 valence electrons. The van der Waals surface area contributed by atoms with Gasteiger partial charge in [0, 0.05) is 30.3 Å². The van der Waals surface area contributed by atoms with E-state index in [1.807, 2.05) is 0 Å². The van der Waals surface area contributed by atoms with Gasteiger partial charge >= 0.3 is 15.6 Å². The first kappa shape index (κ1) is 64.5. The van der Waals surface area contributed by atoms with Gasteiger partial charge in [0.25, 0.3) is 0 Å². The predicted molar refractivity (Wildman–Crippen MR) is 343 cm³/mol. The summed E-state index contributed by atoms with van der Waals surface area (Å²) >= 11 is 0. The Balaban J connectivity index is 0.000000153. The number of rotatable bonds is 8. The largest absolute Gasteiger partial charge is 0.534 e. The smallest absolute Gasteiger partial charge is 0.399 e. The van der Waals surface area contributed by atoms with Gasteiger partial charge in [0.2, 0.25) is 0 Å². The molecule has 3 N–H and O–H groups in total. The van der Waals surface area contributed by atoms with Crippen molar-refractivity contribution in [2.24, 2.45) is 47.3 Å². The lowest BCUT2D eigenvalue weighted by atomic mass is 9.79. The molecule has 10 heteroatoms. The van der Waals surface area contributed by atoms with Crippen LogP contribution in [0.1, 0.15) is 274 Å². The maximum atomic E-state index is 12.9. The van der Waals surface area contributed by atoms with Gasteiger partial charge in [0.1, 0.15) is 5.75 Å². The molecule has 12 atom stereocenters. The first-order valence-corrected chi connectivity index (χ1v) is 34.0. The molecule has 1 aliphatic heterocycles. The van der Waals surface area contributed by atoms with Crippen molar-refractivity contribution in [3.8, 4) is 5.75 Å². The first-order valence-electron chi connectivity index (χ1n) is 32.6. The van der Waals surface area contributed by atoms with Crippen molar-refractivity contribution in [2.45, 2.75) is 257 Å². The van der Waals surface area contributed by atoms with Gasteiger partial charge in [0.05, 0.1) is 0 Å². The summed E-state index contributed by atoms with van der Waals surface area (Å²) in [5.74, 6) is 8.40. The third-order valence-corrected chi connectivity index (χ3v) is 22.5. The van der Waals surface area contributed by atoms with E-state index in [2.05, 4.69) is 153 Å². The number of anilines is 3. The van der Waals surface area contributed by atoms with Gasteiger partial charge in [-0.3, -0.25) is 0 Å². The fourth-order valence-corrected chi connectivity index (χ4v) is 17.3. The van der Waals surface area contributed by atoms with E-state index in [-0.39, 0.29) is 34.8 Å². The maximum absolute atomic E-state index is 12.9. The number of nitrogens with two attached hydrogens (primary N) is 1. The van der Waals surface area contributed by atoms with Crippen molar-refractivity contribution in [2.75, 3.05) is 24.3 Å². The van der Waals surface area contributed by atoms with Crippen LogP contribution in [0.5, 0.6) is 5.75 Å². The van der Waals surface area contributed by atoms with E-state index in [9.17, 15) is 21.6 Å². The monoisotopic (exact) mass is 1180 g/mol. The van der Waals surface area contributed by atoms with Crippen LogP contribution in [0.2, 0.25) is 0 Å². The lowest BCUT2D eigenvalue weighted by Crippen LogP contribution is -2.28. The normalized spacial score (nSPS) is 29.4. The van der Waals surface area contributed by atoms with Crippen molar-refractivity contribution in [3.63, 3.8) is 0 Å². The summed E-state index contributed by atoms with van der Waals surface area (Å²) in [6, 6.07) is 26.6. The van der Waals surface area contributed by atoms with E-state index in [4.69, 9.17) is 10.5 Å². The molecule has 0 spiro atoms. The summed E-state index contributed by atoms with van der Waals surface area (Å²) in [6.45, 7) is 29.3. The Kier molecular flexibility index (Phi) is 19.1. The third-order valence-electron chi connectivity index (χ3n) is 21.6. The lowest BCUT2D eigenvalue weighted by Gasteiger charge is -2.28. The van der Waals surface area contributed by atoms with E-state index in [0.717, 1.165) is 91.2 Å². The highest BCUT2D eigenvalue weighted by Crippen LogP contribution is 2.58. The van der Waals surface area contributed by atoms with Crippen LogP contribution >= 0.6 is 0 Å². The van der Waals surface area contributed by atoms with E-state index < -0.39 is 15.6 Å². The van der Waals surface area contributed by atoms with Crippen molar-refractivity contribution in [3.05, 3.63) is 117 Å². The van der Waals surface area contributed by atoms with E-state index in [0.29, 0.717) is 35.5 Å². The first-order chi connectivity index (χ1) is 38.8. The van der Waals surface area contributed by atoms with E-state index >= 15 is 0 Å². The molecule has 0 amide bonds. The maximum Gasteiger partial charge on any atom is 0.534 e. The molecule has 12 unspecified atom stereocenters. The number of nitrogen functional groups attached to an aromatic ring is 1. The lowest BCUT2D eigenvalue weighted by molar-refractivity contribution is -0.0500. The number of nitrogens with one attached hydrogen (secondary N) is 1. The molecule has 4 aromatic carbocycles. The van der Waals surface area contributed by atoms with Crippen LogP contribution in [-0.4, -0.2) is 27.1 Å². The quantitative estimate of drug-likeness (QED) is 0.104. The minimum absolute atomic E-state index is 0. The Labute approximate surface area is 506 Å². The van der Waals surface area contributed by atoms with Gasteiger partial charge in [-0.2, -0.15) is 21.6 Å². The Bertz CT molecular complexity index is 2860. The van der Waals surface area contributed by atoms with Gasteiger partial charge in [-0.05, 0) is 276 Å². The van der Waals surface area contributed by atoms with Crippen LogP contribution in [0.3, 0.4) is 0 Å². The molecule has 1 saturated heterocycles. The second kappa shape index (κ2) is 24.9. The van der Waals surface area contributed by atoms with Gasteiger partial charge in [-0.1, -0.05) is 140 Å². The summed E-state index contributed by atoms with van der Waals surface area (Å²) in [4.78, 5) is 0. The number of ether oxygens (including phenoxy) is 1. The molecule has 6 nitrogen and oxygen atoms in total. The molecular formula is C74H107F3N2O4S. The van der Waals surface area contributed by atoms with Crippen molar-refractivity contribution >= 4 is 27.2 Å². The zero-order valence-corrected chi connectivity index (χ0v) is 53.6. The van der Waals surface area contributed by atoms with Crippen LogP contribution in [0.25, 0.3) is 0 Å².